The van der Waals surface area contributed by atoms with Gasteiger partial charge in [-0.05, 0) is 29.5 Å². The lowest BCUT2D eigenvalue weighted by molar-refractivity contribution is -0.129. The number of nitrogen functional groups attached to an aromatic ring is 1. The summed E-state index contributed by atoms with van der Waals surface area (Å²) in [6.45, 7) is 1.34. The summed E-state index contributed by atoms with van der Waals surface area (Å²) in [4.78, 5) is 19.7. The zero-order valence-corrected chi connectivity index (χ0v) is 14.3. The van der Waals surface area contributed by atoms with Crippen LogP contribution < -0.4 is 5.73 Å². The zero-order chi connectivity index (χ0) is 17.1. The summed E-state index contributed by atoms with van der Waals surface area (Å²) in [6, 6.07) is 7.36. The van der Waals surface area contributed by atoms with Gasteiger partial charge in [-0.3, -0.25) is 4.79 Å². The summed E-state index contributed by atoms with van der Waals surface area (Å²) in [5.74, 6) is 0.268. The minimum Gasteiger partial charge on any atom is -0.383 e. The third kappa shape index (κ3) is 3.21. The number of pyridine rings is 1. The number of fused-ring (bicyclic) bond motifs is 1. The normalized spacial score (nSPS) is 13.0. The van der Waals surface area contributed by atoms with E-state index in [-0.39, 0.29) is 28.6 Å². The monoisotopic (exact) mass is 355 g/mol. The minimum absolute atomic E-state index is 0.00507. The zero-order valence-electron chi connectivity index (χ0n) is 12.7. The van der Waals surface area contributed by atoms with Crippen molar-refractivity contribution in [3.8, 4) is 12.1 Å². The second-order valence-corrected chi connectivity index (χ2v) is 7.19. The Morgan fingerprint density at radius 3 is 2.96 bits per heavy atom. The molecular weight excluding hydrogens is 342 g/mol. The fourth-order valence-electron chi connectivity index (χ4n) is 2.47. The molecule has 0 bridgehead atoms. The number of amides is 1. The Labute approximate surface area is 147 Å². The van der Waals surface area contributed by atoms with Crippen molar-refractivity contribution in [3.63, 3.8) is 0 Å². The van der Waals surface area contributed by atoms with Gasteiger partial charge < -0.3 is 10.6 Å². The van der Waals surface area contributed by atoms with Gasteiger partial charge in [-0.2, -0.15) is 10.5 Å². The molecule has 0 unspecified atom stereocenters. The Hall–Kier alpha value is -2.55. The smallest absolute Gasteiger partial charge is 0.233 e. The molecule has 0 saturated carbocycles. The molecule has 120 valence electrons. The topological polar surface area (TPSA) is 107 Å². The van der Waals surface area contributed by atoms with Crippen molar-refractivity contribution in [2.24, 2.45) is 0 Å². The van der Waals surface area contributed by atoms with Crippen LogP contribution in [0, 0.1) is 22.7 Å². The lowest BCUT2D eigenvalue weighted by Crippen LogP contribution is -2.36. The van der Waals surface area contributed by atoms with Gasteiger partial charge in [0, 0.05) is 18.0 Å². The Balaban J connectivity index is 1.68. The predicted octanol–water partition coefficient (Wildman–Crippen LogP) is 2.15. The number of carbonyl (C=O) groups is 1. The first kappa shape index (κ1) is 16.3. The van der Waals surface area contributed by atoms with Crippen molar-refractivity contribution in [2.75, 3.05) is 18.0 Å². The molecule has 0 spiro atoms. The van der Waals surface area contributed by atoms with Crippen molar-refractivity contribution < 1.29 is 4.79 Å². The van der Waals surface area contributed by atoms with E-state index in [2.05, 4.69) is 16.4 Å². The molecule has 6 nitrogen and oxygen atoms in total. The van der Waals surface area contributed by atoms with Crippen LogP contribution in [-0.2, 0) is 17.8 Å². The lowest BCUT2D eigenvalue weighted by Gasteiger charge is -2.26. The highest BCUT2D eigenvalue weighted by atomic mass is 32.2. The Morgan fingerprint density at radius 2 is 2.21 bits per heavy atom. The van der Waals surface area contributed by atoms with Gasteiger partial charge in [0.25, 0.3) is 0 Å². The molecule has 2 aromatic rings. The van der Waals surface area contributed by atoms with E-state index in [1.54, 1.807) is 11.3 Å². The van der Waals surface area contributed by atoms with E-state index in [1.165, 1.54) is 28.3 Å². The van der Waals surface area contributed by atoms with Gasteiger partial charge in [0.1, 0.15) is 23.0 Å². The number of thiophene rings is 1. The van der Waals surface area contributed by atoms with Crippen LogP contribution in [0.5, 0.6) is 0 Å². The van der Waals surface area contributed by atoms with Crippen molar-refractivity contribution in [2.45, 2.75) is 18.0 Å². The molecule has 0 aliphatic carbocycles. The quantitative estimate of drug-likeness (QED) is 0.845. The largest absolute Gasteiger partial charge is 0.383 e. The molecule has 1 amide bonds. The van der Waals surface area contributed by atoms with E-state index in [1.807, 2.05) is 17.0 Å². The number of thioether (sulfide) groups is 1. The number of nitrogens with zero attached hydrogens (tertiary/aromatic N) is 4. The number of nitrogens with two attached hydrogens (primary N) is 1. The molecule has 0 radical (unpaired) electrons. The Morgan fingerprint density at radius 1 is 1.42 bits per heavy atom. The molecule has 0 atom stereocenters. The molecule has 3 heterocycles. The molecule has 24 heavy (non-hydrogen) atoms. The number of anilines is 1. The van der Waals surface area contributed by atoms with Gasteiger partial charge in [0.05, 0.1) is 16.9 Å². The van der Waals surface area contributed by atoms with E-state index < -0.39 is 0 Å². The average molecular weight is 355 g/mol. The first-order valence-corrected chi connectivity index (χ1v) is 9.05. The number of hydrogen-bond donors (Lipinski definition) is 1. The van der Waals surface area contributed by atoms with Crippen molar-refractivity contribution in [3.05, 3.63) is 39.1 Å². The third-order valence-corrected chi connectivity index (χ3v) is 5.75. The summed E-state index contributed by atoms with van der Waals surface area (Å²) in [7, 11) is 0. The molecule has 3 rings (SSSR count). The molecule has 2 aromatic heterocycles. The van der Waals surface area contributed by atoms with E-state index in [9.17, 15) is 10.1 Å². The van der Waals surface area contributed by atoms with Gasteiger partial charge in [-0.1, -0.05) is 11.8 Å². The van der Waals surface area contributed by atoms with Crippen LogP contribution in [0.25, 0.3) is 0 Å². The molecular formula is C16H13N5OS2. The highest BCUT2D eigenvalue weighted by Gasteiger charge is 2.22. The second kappa shape index (κ2) is 6.91. The standard InChI is InChI=1S/C16H13N5OS2/c17-6-11-5-12(7-18)16(20-15(11)19)24-9-14(22)21-3-1-13-10(8-21)2-4-23-13/h2,4-5H,1,3,8-9H2,(H2,19,20). The van der Waals surface area contributed by atoms with Crippen LogP contribution in [0.3, 0.4) is 0 Å². The number of hydrogen-bond acceptors (Lipinski definition) is 7. The summed E-state index contributed by atoms with van der Waals surface area (Å²) < 4.78 is 0. The van der Waals surface area contributed by atoms with Gasteiger partial charge in [-0.15, -0.1) is 11.3 Å². The highest BCUT2D eigenvalue weighted by molar-refractivity contribution is 8.00. The van der Waals surface area contributed by atoms with Crippen LogP contribution in [0.4, 0.5) is 5.82 Å². The fraction of sp³-hybridized carbons (Fsp3) is 0.250. The Kier molecular flexibility index (Phi) is 4.70. The molecule has 1 aliphatic heterocycles. The maximum Gasteiger partial charge on any atom is 0.233 e. The summed E-state index contributed by atoms with van der Waals surface area (Å²) in [5, 5.41) is 20.6. The maximum atomic E-state index is 12.4. The number of carbonyl (C=O) groups excluding carboxylic acids is 1. The van der Waals surface area contributed by atoms with Crippen LogP contribution in [0.15, 0.2) is 22.5 Å². The number of aromatic nitrogens is 1. The first-order chi connectivity index (χ1) is 11.6. The minimum atomic E-state index is 0.00507. The van der Waals surface area contributed by atoms with E-state index in [0.717, 1.165) is 6.42 Å². The van der Waals surface area contributed by atoms with Crippen molar-refractivity contribution in [1.29, 1.82) is 10.5 Å². The van der Waals surface area contributed by atoms with Crippen molar-refractivity contribution in [1.82, 2.24) is 9.88 Å². The lowest BCUT2D eigenvalue weighted by atomic mass is 10.1. The van der Waals surface area contributed by atoms with E-state index in [4.69, 9.17) is 11.0 Å². The van der Waals surface area contributed by atoms with Gasteiger partial charge >= 0.3 is 0 Å². The number of nitriles is 2. The fourth-order valence-corrected chi connectivity index (χ4v) is 4.23. The number of rotatable bonds is 3. The van der Waals surface area contributed by atoms with Gasteiger partial charge in [-0.25, -0.2) is 4.98 Å². The van der Waals surface area contributed by atoms with Crippen LogP contribution >= 0.6 is 23.1 Å². The summed E-state index contributed by atoms with van der Waals surface area (Å²) in [5.41, 5.74) is 7.34. The molecule has 1 aliphatic rings. The molecule has 0 fully saturated rings. The SMILES string of the molecule is N#Cc1cc(C#N)c(SCC(=O)N2CCc3sccc3C2)nc1N. The second-order valence-electron chi connectivity index (χ2n) is 5.22. The summed E-state index contributed by atoms with van der Waals surface area (Å²) in [6.07, 6.45) is 0.884. The van der Waals surface area contributed by atoms with Crippen molar-refractivity contribution >= 4 is 34.8 Å². The Bertz CT molecular complexity index is 878. The van der Waals surface area contributed by atoms with E-state index in [0.29, 0.717) is 18.1 Å². The van der Waals surface area contributed by atoms with E-state index >= 15 is 0 Å². The average Bonchev–Trinajstić information content (AvgIpc) is 3.07. The molecule has 8 heteroatoms. The third-order valence-electron chi connectivity index (χ3n) is 3.75. The first-order valence-electron chi connectivity index (χ1n) is 7.19. The predicted molar refractivity (Wildman–Crippen MR) is 92.2 cm³/mol. The molecule has 0 saturated heterocycles. The highest BCUT2D eigenvalue weighted by Crippen LogP contribution is 2.27. The maximum absolute atomic E-state index is 12.4. The van der Waals surface area contributed by atoms with Crippen LogP contribution in [0.2, 0.25) is 0 Å². The van der Waals surface area contributed by atoms with Gasteiger partial charge in [0.15, 0.2) is 0 Å². The van der Waals surface area contributed by atoms with Crippen LogP contribution in [-0.4, -0.2) is 28.1 Å². The molecule has 2 N–H and O–H groups in total. The molecule has 0 aromatic carbocycles. The summed E-state index contributed by atoms with van der Waals surface area (Å²) >= 11 is 2.91. The van der Waals surface area contributed by atoms with Crippen LogP contribution in [0.1, 0.15) is 21.6 Å². The van der Waals surface area contributed by atoms with Gasteiger partial charge in [0.2, 0.25) is 5.91 Å².